The van der Waals surface area contributed by atoms with E-state index in [1.54, 1.807) is 96.9 Å². The molecule has 33 heteroatoms. The number of amides is 12. The number of nitrogens with one attached hydrogen (secondary N) is 9. The standard InChI is InChI=1S/2C30H37N7O3.C29H35N7O3.3H2S/c1-7-25(38)31-22-15-13-20(14-16-22)17-26(39)33-28-23-18-37(30(2,3)27(23)36(6)34-28)29(40)32-24(19-35(4)5)21-11-9-8-10-12-21;1-7-25(38)31-22-16-14-21(15-17-22)28(39)33-27-23-18-36(30(3,4)26(23)37(8-2)34-27)29(40)32-24(19-35(5)6)20-12-10-9-11-13-20;1-7-24(37)30-21-15-13-20(14-16-21)27(38)32-26-22-17-36(29(2,3)25(22)35(6)33-26)28(39)31-23(18-34(4)5)19-11-9-8-10-12-19;;;/h7-16,24H,1,17-19H2,2-6H3,(H,31,38)(H,32,40)(H,33,34,39);7,9-17,24H,1,8,18-19H2,2-6H3,(H,31,38)(H,32,40)(H,33,34,39);7-16,23H,1,17-18H2,2-6H3,(H,30,37)(H,31,39)(H,32,33,38);3*1H2/t2*24-;23-;;;/m111.../s1. The van der Waals surface area contributed by atoms with E-state index in [1.807, 2.05) is 215 Å². The van der Waals surface area contributed by atoms with Gasteiger partial charge in [0.05, 0.1) is 77.9 Å². The minimum absolute atomic E-state index is 0. The van der Waals surface area contributed by atoms with E-state index in [0.717, 1.165) is 56.0 Å². The molecule has 648 valence electrons. The van der Waals surface area contributed by atoms with Crippen LogP contribution in [0, 0.1) is 0 Å². The molecule has 9 aromatic rings. The molecule has 3 atom stereocenters. The number of hydrogen-bond donors (Lipinski definition) is 9. The summed E-state index contributed by atoms with van der Waals surface area (Å²) in [6, 6.07) is 48.8. The number of nitrogens with zero attached hydrogens (tertiary/aromatic N) is 12. The number of anilines is 6. The Morgan fingerprint density at radius 1 is 0.402 bits per heavy atom. The smallest absolute Gasteiger partial charge is 0.319 e. The molecule has 0 fully saturated rings. The van der Waals surface area contributed by atoms with Crippen molar-refractivity contribution < 1.29 is 43.2 Å². The molecular weight excluding hydrogens is 1600 g/mol. The van der Waals surface area contributed by atoms with E-state index in [9.17, 15) is 43.2 Å². The summed E-state index contributed by atoms with van der Waals surface area (Å²) in [5.74, 6) is -0.550. The van der Waals surface area contributed by atoms with Gasteiger partial charge in [-0.1, -0.05) is 123 Å². The van der Waals surface area contributed by atoms with Crippen LogP contribution in [0.1, 0.15) is 143 Å². The molecule has 0 saturated carbocycles. The van der Waals surface area contributed by atoms with Crippen molar-refractivity contribution in [3.05, 3.63) is 269 Å². The number of carbonyl (C=O) groups is 9. The number of benzene rings is 6. The van der Waals surface area contributed by atoms with Crippen LogP contribution in [0.25, 0.3) is 0 Å². The number of fused-ring (bicyclic) bond motifs is 3. The maximum atomic E-state index is 13.7. The molecule has 0 unspecified atom stereocenters. The molecule has 0 saturated heterocycles. The van der Waals surface area contributed by atoms with Gasteiger partial charge in [-0.15, -0.1) is 0 Å². The van der Waals surface area contributed by atoms with Gasteiger partial charge < -0.3 is 77.3 Å². The Balaban J connectivity index is 0.000000249. The van der Waals surface area contributed by atoms with Crippen molar-refractivity contribution >= 4 is 129 Å². The molecule has 6 aromatic carbocycles. The van der Waals surface area contributed by atoms with Gasteiger partial charge in [-0.05, 0) is 192 Å². The first-order valence-corrected chi connectivity index (χ1v) is 39.1. The van der Waals surface area contributed by atoms with E-state index in [0.29, 0.717) is 91.5 Å². The molecule has 0 bridgehead atoms. The Labute approximate surface area is 734 Å². The highest BCUT2D eigenvalue weighted by molar-refractivity contribution is 7.59. The molecule has 12 rings (SSSR count). The van der Waals surface area contributed by atoms with E-state index in [2.05, 4.69) is 82.9 Å². The lowest BCUT2D eigenvalue weighted by molar-refractivity contribution is -0.116. The molecule has 3 aliphatic rings. The van der Waals surface area contributed by atoms with Crippen LogP contribution in [0.2, 0.25) is 0 Å². The topological polar surface area (TPSA) is 335 Å². The van der Waals surface area contributed by atoms with E-state index in [4.69, 9.17) is 0 Å². The van der Waals surface area contributed by atoms with Crippen LogP contribution in [-0.2, 0) is 82.5 Å². The van der Waals surface area contributed by atoms with Crippen LogP contribution in [0.5, 0.6) is 0 Å². The average molecular weight is 1720 g/mol. The Bertz CT molecular complexity index is 5210. The molecule has 9 N–H and O–H groups in total. The lowest BCUT2D eigenvalue weighted by Gasteiger charge is -2.35. The molecule has 3 aromatic heterocycles. The number of likely N-dealkylation sites (N-methyl/N-ethyl adjacent to an activating group) is 3. The van der Waals surface area contributed by atoms with Crippen molar-refractivity contribution in [2.45, 2.75) is 116 Å². The highest BCUT2D eigenvalue weighted by atomic mass is 32.1. The fourth-order valence-corrected chi connectivity index (χ4v) is 15.2. The SMILES string of the molecule is C=CC(=O)Nc1ccc(C(=O)Nc2nn(C)c3c2CN(C(=O)N[C@H](CN(C)C)c2ccccc2)C3(C)C)cc1.C=CC(=O)Nc1ccc(C(=O)Nc2nn(CC)c3c2CN(C(=O)N[C@H](CN(C)C)c2ccccc2)C3(C)C)cc1.C=CC(=O)Nc1ccc(CC(=O)Nc2nn(C)c3c2CN(C(=O)N[C@H](CN(C)C)c2ccccc2)C3(C)C)cc1.S.S.S. The lowest BCUT2D eigenvalue weighted by atomic mass is 10.00. The average Bonchev–Trinajstić information content (AvgIpc) is 1.59. The minimum Gasteiger partial charge on any atom is -0.330 e. The van der Waals surface area contributed by atoms with Crippen LogP contribution < -0.4 is 47.9 Å². The maximum absolute atomic E-state index is 13.7. The molecule has 3 aliphatic heterocycles. The molecule has 12 amide bonds. The van der Waals surface area contributed by atoms with Crippen LogP contribution >= 0.6 is 40.5 Å². The van der Waals surface area contributed by atoms with Crippen LogP contribution in [-0.4, -0.2) is 174 Å². The third-order valence-electron chi connectivity index (χ3n) is 20.9. The summed E-state index contributed by atoms with van der Waals surface area (Å²) < 4.78 is 5.31. The lowest BCUT2D eigenvalue weighted by Crippen LogP contribution is -2.49. The zero-order valence-electron chi connectivity index (χ0n) is 71.9. The maximum Gasteiger partial charge on any atom is 0.319 e. The summed E-state index contributed by atoms with van der Waals surface area (Å²) in [5.41, 5.74) is 9.55. The molecule has 30 nitrogen and oxygen atoms in total. The monoisotopic (exact) mass is 1720 g/mol. The quantitative estimate of drug-likeness (QED) is 0.0228. The Morgan fingerprint density at radius 3 is 0.992 bits per heavy atom. The minimum atomic E-state index is -0.658. The predicted octanol–water partition coefficient (Wildman–Crippen LogP) is 12.3. The summed E-state index contributed by atoms with van der Waals surface area (Å²) in [7, 11) is 15.5. The van der Waals surface area contributed by atoms with Gasteiger partial charge in [0.15, 0.2) is 17.5 Å². The number of aryl methyl sites for hydroxylation is 3. The molecule has 6 heterocycles. The van der Waals surface area contributed by atoms with Crippen LogP contribution in [0.4, 0.5) is 48.9 Å². The van der Waals surface area contributed by atoms with Crippen molar-refractivity contribution in [3.63, 3.8) is 0 Å². The van der Waals surface area contributed by atoms with E-state index in [1.165, 1.54) is 18.2 Å². The van der Waals surface area contributed by atoms with Crippen molar-refractivity contribution in [2.24, 2.45) is 14.1 Å². The van der Waals surface area contributed by atoms with Gasteiger partial charge in [0.1, 0.15) is 0 Å². The number of carbonyl (C=O) groups excluding carboxylic acids is 9. The molecular formula is C89H115N21O9S3. The van der Waals surface area contributed by atoms with Gasteiger partial charge >= 0.3 is 18.1 Å². The van der Waals surface area contributed by atoms with Gasteiger partial charge in [-0.25, -0.2) is 14.4 Å². The molecule has 122 heavy (non-hydrogen) atoms. The Hall–Kier alpha value is -12.3. The third kappa shape index (κ3) is 23.3. The first kappa shape index (κ1) is 96.9. The van der Waals surface area contributed by atoms with Gasteiger partial charge in [0, 0.05) is 85.2 Å². The molecule has 0 spiro atoms. The van der Waals surface area contributed by atoms with Crippen LogP contribution in [0.3, 0.4) is 0 Å². The summed E-state index contributed by atoms with van der Waals surface area (Å²) in [5, 5.41) is 40.2. The number of aromatic nitrogens is 6. The fourth-order valence-electron chi connectivity index (χ4n) is 15.2. The first-order valence-electron chi connectivity index (χ1n) is 39.1. The summed E-state index contributed by atoms with van der Waals surface area (Å²) in [6.45, 7) is 27.7. The Morgan fingerprint density at radius 2 is 0.689 bits per heavy atom. The number of rotatable bonds is 26. The number of urea groups is 3. The zero-order valence-corrected chi connectivity index (χ0v) is 74.9. The zero-order chi connectivity index (χ0) is 86.4. The van der Waals surface area contributed by atoms with Crippen molar-refractivity contribution in [1.82, 2.24) is 74.7 Å². The van der Waals surface area contributed by atoms with Crippen molar-refractivity contribution in [2.75, 3.05) is 93.8 Å². The highest BCUT2D eigenvalue weighted by Crippen LogP contribution is 2.45. The third-order valence-corrected chi connectivity index (χ3v) is 20.9. The Kier molecular flexibility index (Phi) is 33.6. The van der Waals surface area contributed by atoms with Gasteiger partial charge in [0.25, 0.3) is 11.8 Å². The summed E-state index contributed by atoms with van der Waals surface area (Å²) in [6.07, 6.45) is 3.69. The molecule has 0 radical (unpaired) electrons. The fraction of sp³-hybridized carbons (Fsp3) is 0.326. The van der Waals surface area contributed by atoms with E-state index in [-0.39, 0.29) is 119 Å². The second-order valence-electron chi connectivity index (χ2n) is 31.6. The largest absolute Gasteiger partial charge is 0.330 e. The van der Waals surface area contributed by atoms with Gasteiger partial charge in [-0.3, -0.25) is 42.8 Å². The number of hydrogen-bond acceptors (Lipinski definition) is 15. The van der Waals surface area contributed by atoms with Crippen molar-refractivity contribution in [1.29, 1.82) is 0 Å². The first-order chi connectivity index (χ1) is 56.5. The summed E-state index contributed by atoms with van der Waals surface area (Å²) in [4.78, 5) is 126. The van der Waals surface area contributed by atoms with Crippen molar-refractivity contribution in [3.8, 4) is 0 Å². The highest BCUT2D eigenvalue weighted by Gasteiger charge is 2.49. The molecule has 0 aliphatic carbocycles. The summed E-state index contributed by atoms with van der Waals surface area (Å²) >= 11 is 0. The predicted molar refractivity (Wildman–Crippen MR) is 494 cm³/mol. The van der Waals surface area contributed by atoms with E-state index < -0.39 is 16.6 Å². The van der Waals surface area contributed by atoms with Gasteiger partial charge in [0.2, 0.25) is 23.6 Å². The second kappa shape index (κ2) is 42.3. The van der Waals surface area contributed by atoms with Crippen LogP contribution in [0.15, 0.2) is 202 Å². The van der Waals surface area contributed by atoms with E-state index >= 15 is 0 Å². The normalized spacial score (nSPS) is 14.1. The second-order valence-corrected chi connectivity index (χ2v) is 31.6. The van der Waals surface area contributed by atoms with Gasteiger partial charge in [-0.2, -0.15) is 55.8 Å².